The van der Waals surface area contributed by atoms with E-state index in [0.29, 0.717) is 5.69 Å². The van der Waals surface area contributed by atoms with Crippen LogP contribution in [0.5, 0.6) is 23.0 Å². The molecule has 2 heterocycles. The largest absolute Gasteiger partial charge is 0.508 e. The lowest BCUT2D eigenvalue weighted by Crippen LogP contribution is -2.49. The highest BCUT2D eigenvalue weighted by atomic mass is 16.3. The van der Waals surface area contributed by atoms with Crippen molar-refractivity contribution in [1.29, 1.82) is 0 Å². The zero-order valence-electron chi connectivity index (χ0n) is 17.1. The van der Waals surface area contributed by atoms with E-state index < -0.39 is 72.8 Å². The van der Waals surface area contributed by atoms with E-state index in [2.05, 4.69) is 15.0 Å². The molecule has 0 spiro atoms. The summed E-state index contributed by atoms with van der Waals surface area (Å²) in [5.74, 6) is -6.28. The summed E-state index contributed by atoms with van der Waals surface area (Å²) in [6, 6.07) is 0. The van der Waals surface area contributed by atoms with E-state index in [1.807, 2.05) is 25.8 Å². The van der Waals surface area contributed by atoms with Gasteiger partial charge < -0.3 is 45.6 Å². The number of hydrogen-bond acceptors (Lipinski definition) is 9. The van der Waals surface area contributed by atoms with Crippen LogP contribution in [0.2, 0.25) is 0 Å². The van der Waals surface area contributed by atoms with E-state index in [9.17, 15) is 40.2 Å². The van der Waals surface area contributed by atoms with E-state index in [0.717, 1.165) is 0 Å². The number of H-pyrrole nitrogens is 3. The molecule has 0 aliphatic rings. The van der Waals surface area contributed by atoms with Crippen molar-refractivity contribution in [2.75, 3.05) is 0 Å². The molecule has 1 aromatic carbocycles. The Morgan fingerprint density at radius 1 is 0.875 bits per heavy atom. The molecule has 3 rings (SSSR count). The molecule has 166 valence electrons. The molecule has 0 aliphatic carbocycles. The van der Waals surface area contributed by atoms with Gasteiger partial charge in [-0.05, 0) is 5.46 Å². The fourth-order valence-electron chi connectivity index (χ4n) is 3.03. The number of aliphatic hydroxyl groups excluding tert-OH is 2. The third-order valence-electron chi connectivity index (χ3n) is 4.69. The first-order chi connectivity index (χ1) is 14.8. The third kappa shape index (κ3) is 3.43. The Hall–Kier alpha value is -4.29. The van der Waals surface area contributed by atoms with Crippen molar-refractivity contribution in [2.45, 2.75) is 26.2 Å². The Morgan fingerprint density at radius 3 is 1.94 bits per heavy atom. The van der Waals surface area contributed by atoms with Gasteiger partial charge in [0.05, 0.1) is 12.0 Å². The normalized spacial score (nSPS) is 13.7. The number of aliphatic hydroxyl groups is 2. The minimum atomic E-state index is -1.20. The molecule has 2 aromatic heterocycles. The number of rotatable bonds is 2. The van der Waals surface area contributed by atoms with Crippen LogP contribution in [0.25, 0.3) is 11.5 Å². The van der Waals surface area contributed by atoms with Gasteiger partial charge in [0.25, 0.3) is 11.1 Å². The number of phenols is 4. The maximum Gasteiger partial charge on any atom is 0.276 e. The van der Waals surface area contributed by atoms with Crippen LogP contribution in [0.1, 0.15) is 37.7 Å². The number of hydrogen-bond donors (Lipinski definition) is 9. The van der Waals surface area contributed by atoms with Crippen LogP contribution in [0, 0.1) is 0 Å². The number of phenolic OH excluding ortho intramolecular Hbond substituents is 4. The fraction of sp³-hybridized carbons (Fsp3) is 0.211. The number of aromatic amines is 3. The van der Waals surface area contributed by atoms with E-state index in [1.165, 1.54) is 6.33 Å². The van der Waals surface area contributed by atoms with Crippen LogP contribution in [-0.4, -0.2) is 58.4 Å². The summed E-state index contributed by atoms with van der Waals surface area (Å²) in [5, 5.41) is 58.9. The molecule has 13 heteroatoms. The van der Waals surface area contributed by atoms with Gasteiger partial charge in [-0.15, -0.1) is 0 Å². The Labute approximate surface area is 179 Å². The Kier molecular flexibility index (Phi) is 5.21. The molecule has 32 heavy (non-hydrogen) atoms. The zero-order valence-corrected chi connectivity index (χ0v) is 17.1. The molecule has 0 fully saturated rings. The Morgan fingerprint density at radius 2 is 1.41 bits per heavy atom. The minimum absolute atomic E-state index is 0.0196. The second-order valence-corrected chi connectivity index (χ2v) is 7.91. The van der Waals surface area contributed by atoms with E-state index >= 15 is 0 Å². The smallest absolute Gasteiger partial charge is 0.276 e. The molecule has 0 unspecified atom stereocenters. The Bertz CT molecular complexity index is 1450. The molecular weight excluding hydrogens is 423 g/mol. The summed E-state index contributed by atoms with van der Waals surface area (Å²) in [7, 11) is 5.40. The average molecular weight is 442 g/mol. The second-order valence-electron chi connectivity index (χ2n) is 7.91. The monoisotopic (exact) mass is 442 g/mol. The number of aromatic hydroxyl groups is 4. The molecule has 0 saturated heterocycles. The lowest BCUT2D eigenvalue weighted by Gasteiger charge is -2.17. The number of aromatic nitrogens is 4. The molecule has 12 nitrogen and oxygen atoms in total. The second kappa shape index (κ2) is 7.44. The highest BCUT2D eigenvalue weighted by molar-refractivity contribution is 6.37. The van der Waals surface area contributed by atoms with Crippen molar-refractivity contribution in [3.63, 3.8) is 0 Å². The van der Waals surface area contributed by atoms with E-state index in [4.69, 9.17) is 7.85 Å². The van der Waals surface area contributed by atoms with Crippen LogP contribution in [0.3, 0.4) is 0 Å². The summed E-state index contributed by atoms with van der Waals surface area (Å²) >= 11 is 0. The van der Waals surface area contributed by atoms with Gasteiger partial charge in [-0.2, -0.15) is 0 Å². The van der Waals surface area contributed by atoms with Gasteiger partial charge in [-0.3, -0.25) is 9.59 Å². The number of nitrogens with one attached hydrogen (secondary N) is 3. The average Bonchev–Trinajstić information content (AvgIpc) is 3.22. The van der Waals surface area contributed by atoms with Crippen LogP contribution in [0.4, 0.5) is 0 Å². The molecular formula is C19H19BN4O8. The van der Waals surface area contributed by atoms with Gasteiger partial charge in [0.15, 0.2) is 33.7 Å². The first kappa shape index (κ1) is 22.4. The molecule has 0 atom stereocenters. The SMILES string of the molecule is [B]c1c(O)c(O)c(O)c(/C(O)=c2\[nH]c(=O)/c(=C(\O)c3nc[nH]c3C(C)(C)C)[nH]c2=O)c1O. The van der Waals surface area contributed by atoms with Crippen molar-refractivity contribution in [1.82, 2.24) is 19.9 Å². The van der Waals surface area contributed by atoms with Gasteiger partial charge in [0.2, 0.25) is 5.75 Å². The van der Waals surface area contributed by atoms with Crippen molar-refractivity contribution in [2.24, 2.45) is 0 Å². The number of nitrogens with zero attached hydrogens (tertiary/aromatic N) is 1. The molecule has 3 aromatic rings. The van der Waals surface area contributed by atoms with Crippen molar-refractivity contribution >= 4 is 24.8 Å². The van der Waals surface area contributed by atoms with Crippen molar-refractivity contribution in [3.05, 3.63) is 54.7 Å². The Balaban J connectivity index is 2.37. The summed E-state index contributed by atoms with van der Waals surface area (Å²) in [5.41, 5.74) is -3.89. The summed E-state index contributed by atoms with van der Waals surface area (Å²) < 4.78 is 0. The maximum absolute atomic E-state index is 12.6. The van der Waals surface area contributed by atoms with Crippen LogP contribution in [0.15, 0.2) is 15.9 Å². The lowest BCUT2D eigenvalue weighted by molar-refractivity contribution is 0.359. The standard InChI is InChI=1S/C19H19BN4O8/c1-19(2,3)16-7(21-4-22-16)14(29)9-18(32)23-8(17(31)24-9)11(26)5-10(25)6(20)13(28)15(30)12(5)27/h4,25-30H,1-3H3,(H,21,22)(H,23,32)(H,24,31)/b11-8+,14-9+. The quantitative estimate of drug-likeness (QED) is 0.123. The van der Waals surface area contributed by atoms with Crippen LogP contribution >= 0.6 is 0 Å². The topological polar surface area (TPSA) is 216 Å². The maximum atomic E-state index is 12.6. The van der Waals surface area contributed by atoms with Crippen molar-refractivity contribution < 1.29 is 30.6 Å². The molecule has 0 saturated carbocycles. The zero-order chi connectivity index (χ0) is 24.1. The van der Waals surface area contributed by atoms with Crippen LogP contribution in [-0.2, 0) is 5.41 Å². The third-order valence-corrected chi connectivity index (χ3v) is 4.69. The van der Waals surface area contributed by atoms with Gasteiger partial charge in [-0.25, -0.2) is 4.98 Å². The lowest BCUT2D eigenvalue weighted by atomic mass is 9.89. The predicted octanol–water partition coefficient (Wildman–Crippen LogP) is -1.87. The molecule has 0 amide bonds. The number of imidazole rings is 1. The first-order valence-corrected chi connectivity index (χ1v) is 9.06. The van der Waals surface area contributed by atoms with Gasteiger partial charge in [0, 0.05) is 5.41 Å². The molecule has 9 N–H and O–H groups in total. The predicted molar refractivity (Wildman–Crippen MR) is 113 cm³/mol. The number of benzene rings is 1. The summed E-state index contributed by atoms with van der Waals surface area (Å²) in [6.45, 7) is 5.49. The highest BCUT2D eigenvalue weighted by Crippen LogP contribution is 2.42. The molecule has 0 bridgehead atoms. The summed E-state index contributed by atoms with van der Waals surface area (Å²) in [4.78, 5) is 36.1. The van der Waals surface area contributed by atoms with Crippen LogP contribution < -0.4 is 27.3 Å². The highest BCUT2D eigenvalue weighted by Gasteiger charge is 2.25. The van der Waals surface area contributed by atoms with Crippen molar-refractivity contribution in [3.8, 4) is 23.0 Å². The van der Waals surface area contributed by atoms with Gasteiger partial charge in [0.1, 0.15) is 24.9 Å². The molecule has 2 radical (unpaired) electrons. The van der Waals surface area contributed by atoms with E-state index in [-0.39, 0.29) is 5.69 Å². The fourth-order valence-corrected chi connectivity index (χ4v) is 3.03. The summed E-state index contributed by atoms with van der Waals surface area (Å²) in [6.07, 6.45) is 1.31. The minimum Gasteiger partial charge on any atom is -0.508 e. The van der Waals surface area contributed by atoms with E-state index in [1.54, 1.807) is 0 Å². The van der Waals surface area contributed by atoms with Gasteiger partial charge in [-0.1, -0.05) is 20.8 Å². The molecule has 0 aliphatic heterocycles. The first-order valence-electron chi connectivity index (χ1n) is 9.06. The van der Waals surface area contributed by atoms with Gasteiger partial charge >= 0.3 is 0 Å².